The lowest BCUT2D eigenvalue weighted by Crippen LogP contribution is -2.22. The van der Waals surface area contributed by atoms with E-state index in [2.05, 4.69) is 0 Å². The van der Waals surface area contributed by atoms with Gasteiger partial charge < -0.3 is 0 Å². The molecule has 0 N–H and O–H groups in total. The summed E-state index contributed by atoms with van der Waals surface area (Å²) >= 11 is 0. The van der Waals surface area contributed by atoms with E-state index in [4.69, 9.17) is 0 Å². The molecule has 74 valence electrons. The van der Waals surface area contributed by atoms with Gasteiger partial charge in [0.05, 0.1) is 0 Å². The van der Waals surface area contributed by atoms with Gasteiger partial charge in [0.25, 0.3) is 0 Å². The lowest BCUT2D eigenvalue weighted by Gasteiger charge is -2.32. The molecule has 0 heterocycles. The summed E-state index contributed by atoms with van der Waals surface area (Å²) in [6, 6.07) is 0. The molecule has 0 aromatic rings. The molecule has 4 atom stereocenters. The first-order valence-electron chi connectivity index (χ1n) is 6.45. The molecule has 0 nitrogen and oxygen atoms in total. The molecule has 0 radical (unpaired) electrons. The highest BCUT2D eigenvalue weighted by Crippen LogP contribution is 2.53. The molecule has 3 aliphatic carbocycles. The first-order valence-corrected chi connectivity index (χ1v) is 6.45. The van der Waals surface area contributed by atoms with Crippen LogP contribution in [0.15, 0.2) is 0 Å². The standard InChI is InChI=1S/C13H22/c1-3-7-12-10(5-1)9-11-6-2-4-8-13(11)12/h10-13H,1-9H2/t10-,11+,12-,13+. The van der Waals surface area contributed by atoms with Crippen molar-refractivity contribution in [1.82, 2.24) is 0 Å². The van der Waals surface area contributed by atoms with Crippen LogP contribution >= 0.6 is 0 Å². The molecule has 0 spiro atoms. The molecule has 0 aromatic heterocycles. The van der Waals surface area contributed by atoms with Crippen molar-refractivity contribution in [2.75, 3.05) is 0 Å². The molecular formula is C13H22. The predicted octanol–water partition coefficient (Wildman–Crippen LogP) is 4.00. The molecule has 0 aliphatic heterocycles. The first-order chi connectivity index (χ1) is 6.45. The third-order valence-electron chi connectivity index (χ3n) is 5.09. The van der Waals surface area contributed by atoms with Gasteiger partial charge in [0.2, 0.25) is 0 Å². The first kappa shape index (κ1) is 8.32. The van der Waals surface area contributed by atoms with Crippen LogP contribution < -0.4 is 0 Å². The van der Waals surface area contributed by atoms with E-state index >= 15 is 0 Å². The van der Waals surface area contributed by atoms with Gasteiger partial charge >= 0.3 is 0 Å². The Balaban J connectivity index is 1.76. The van der Waals surface area contributed by atoms with Crippen LogP contribution in [0.3, 0.4) is 0 Å². The monoisotopic (exact) mass is 178 g/mol. The molecule has 0 heteroatoms. The zero-order valence-corrected chi connectivity index (χ0v) is 8.67. The molecule has 0 bridgehead atoms. The van der Waals surface area contributed by atoms with E-state index in [-0.39, 0.29) is 0 Å². The van der Waals surface area contributed by atoms with Crippen molar-refractivity contribution < 1.29 is 0 Å². The Bertz CT molecular complexity index is 164. The molecule has 0 saturated heterocycles. The summed E-state index contributed by atoms with van der Waals surface area (Å²) in [6.45, 7) is 0. The minimum Gasteiger partial charge on any atom is -0.0530 e. The average Bonchev–Trinajstić information content (AvgIpc) is 2.56. The van der Waals surface area contributed by atoms with Crippen LogP contribution in [-0.4, -0.2) is 0 Å². The summed E-state index contributed by atoms with van der Waals surface area (Å²) in [5.41, 5.74) is 0. The Labute approximate surface area is 82.1 Å². The Morgan fingerprint density at radius 1 is 0.538 bits per heavy atom. The van der Waals surface area contributed by atoms with Gasteiger partial charge in [0.1, 0.15) is 0 Å². The fourth-order valence-electron chi connectivity index (χ4n) is 4.57. The Morgan fingerprint density at radius 3 is 1.54 bits per heavy atom. The van der Waals surface area contributed by atoms with Gasteiger partial charge in [-0.2, -0.15) is 0 Å². The minimum atomic E-state index is 1.17. The Morgan fingerprint density at radius 2 is 1.00 bits per heavy atom. The van der Waals surface area contributed by atoms with Crippen LogP contribution in [0.2, 0.25) is 0 Å². The predicted molar refractivity (Wildman–Crippen MR) is 55.5 cm³/mol. The highest BCUT2D eigenvalue weighted by Gasteiger charge is 2.43. The van der Waals surface area contributed by atoms with Gasteiger partial charge in [0, 0.05) is 0 Å². The Hall–Kier alpha value is 0. The van der Waals surface area contributed by atoms with Crippen molar-refractivity contribution in [1.29, 1.82) is 0 Å². The molecule has 13 heavy (non-hydrogen) atoms. The quantitative estimate of drug-likeness (QED) is 0.526. The third kappa shape index (κ3) is 1.33. The van der Waals surface area contributed by atoms with Crippen LogP contribution in [0.25, 0.3) is 0 Å². The van der Waals surface area contributed by atoms with Crippen LogP contribution in [0.5, 0.6) is 0 Å². The van der Waals surface area contributed by atoms with Gasteiger partial charge in [-0.05, 0) is 42.9 Å². The van der Waals surface area contributed by atoms with Crippen molar-refractivity contribution >= 4 is 0 Å². The zero-order valence-electron chi connectivity index (χ0n) is 8.67. The van der Waals surface area contributed by atoms with Gasteiger partial charge in [0.15, 0.2) is 0 Å². The van der Waals surface area contributed by atoms with Gasteiger partial charge in [-0.3, -0.25) is 0 Å². The van der Waals surface area contributed by atoms with Crippen LogP contribution in [0.1, 0.15) is 57.8 Å². The molecule has 3 rings (SSSR count). The van der Waals surface area contributed by atoms with Crippen molar-refractivity contribution in [3.8, 4) is 0 Å². The molecule has 0 unspecified atom stereocenters. The minimum absolute atomic E-state index is 1.17. The van der Waals surface area contributed by atoms with E-state index in [1.807, 2.05) is 0 Å². The number of hydrogen-bond donors (Lipinski definition) is 0. The number of fused-ring (bicyclic) bond motifs is 3. The van der Waals surface area contributed by atoms with Gasteiger partial charge in [-0.15, -0.1) is 0 Å². The maximum Gasteiger partial charge on any atom is -0.0355 e. The maximum atomic E-state index is 1.62. The lowest BCUT2D eigenvalue weighted by atomic mass is 9.73. The third-order valence-corrected chi connectivity index (χ3v) is 5.09. The second-order valence-corrected chi connectivity index (χ2v) is 5.65. The zero-order chi connectivity index (χ0) is 8.67. The summed E-state index contributed by atoms with van der Waals surface area (Å²) in [5.74, 6) is 4.70. The molecule has 3 aliphatic rings. The summed E-state index contributed by atoms with van der Waals surface area (Å²) < 4.78 is 0. The largest absolute Gasteiger partial charge is 0.0530 e. The topological polar surface area (TPSA) is 0 Å². The second-order valence-electron chi connectivity index (χ2n) is 5.65. The fraction of sp³-hybridized carbons (Fsp3) is 1.00. The number of hydrogen-bond acceptors (Lipinski definition) is 0. The van der Waals surface area contributed by atoms with Crippen LogP contribution in [0.4, 0.5) is 0 Å². The normalized spacial score (nSPS) is 49.8. The van der Waals surface area contributed by atoms with E-state index in [0.29, 0.717) is 0 Å². The molecule has 3 saturated carbocycles. The van der Waals surface area contributed by atoms with Gasteiger partial charge in [-0.1, -0.05) is 38.5 Å². The highest BCUT2D eigenvalue weighted by molar-refractivity contribution is 4.94. The van der Waals surface area contributed by atoms with E-state index in [1.54, 1.807) is 57.8 Å². The molecule has 0 amide bonds. The van der Waals surface area contributed by atoms with Crippen molar-refractivity contribution in [3.63, 3.8) is 0 Å². The van der Waals surface area contributed by atoms with Gasteiger partial charge in [-0.25, -0.2) is 0 Å². The van der Waals surface area contributed by atoms with Crippen molar-refractivity contribution in [2.45, 2.75) is 57.8 Å². The SMILES string of the molecule is C1CC[C@@H]2[C@H](C1)C[C@@H]1CCCC[C@@H]12. The summed E-state index contributed by atoms with van der Waals surface area (Å²) in [6.07, 6.45) is 14.1. The molecular weight excluding hydrogens is 156 g/mol. The average molecular weight is 178 g/mol. The summed E-state index contributed by atoms with van der Waals surface area (Å²) in [4.78, 5) is 0. The summed E-state index contributed by atoms with van der Waals surface area (Å²) in [7, 11) is 0. The van der Waals surface area contributed by atoms with E-state index < -0.39 is 0 Å². The smallest absolute Gasteiger partial charge is 0.0355 e. The van der Waals surface area contributed by atoms with Crippen LogP contribution in [0, 0.1) is 23.7 Å². The lowest BCUT2D eigenvalue weighted by molar-refractivity contribution is 0.184. The summed E-state index contributed by atoms with van der Waals surface area (Å²) in [5, 5.41) is 0. The molecule has 3 fully saturated rings. The maximum absolute atomic E-state index is 1.62. The fourth-order valence-corrected chi connectivity index (χ4v) is 4.57. The van der Waals surface area contributed by atoms with Crippen molar-refractivity contribution in [2.24, 2.45) is 23.7 Å². The Kier molecular flexibility index (Phi) is 2.11. The van der Waals surface area contributed by atoms with Crippen LogP contribution in [-0.2, 0) is 0 Å². The van der Waals surface area contributed by atoms with E-state index in [1.165, 1.54) is 23.7 Å². The van der Waals surface area contributed by atoms with E-state index in [9.17, 15) is 0 Å². The number of rotatable bonds is 0. The molecule has 0 aromatic carbocycles. The van der Waals surface area contributed by atoms with Crippen molar-refractivity contribution in [3.05, 3.63) is 0 Å². The second kappa shape index (κ2) is 3.29. The highest BCUT2D eigenvalue weighted by atomic mass is 14.5. The van der Waals surface area contributed by atoms with E-state index in [0.717, 1.165) is 0 Å².